The molecule has 1 aliphatic carbocycles. The molecule has 0 N–H and O–H groups in total. The summed E-state index contributed by atoms with van der Waals surface area (Å²) in [6.07, 6.45) is 5.89. The molecule has 0 saturated heterocycles. The molecule has 0 saturated carbocycles. The van der Waals surface area contributed by atoms with Gasteiger partial charge in [-0.2, -0.15) is 10.5 Å². The number of nitrogens with zero attached hydrogens (tertiary/aromatic N) is 2. The van der Waals surface area contributed by atoms with E-state index in [1.54, 1.807) is 6.08 Å². The van der Waals surface area contributed by atoms with E-state index in [1.165, 1.54) is 5.56 Å². The number of hydrogen-bond acceptors (Lipinski definition) is 2. The Bertz CT molecular complexity index is 568. The van der Waals surface area contributed by atoms with Crippen molar-refractivity contribution in [2.75, 3.05) is 0 Å². The van der Waals surface area contributed by atoms with Gasteiger partial charge in [0.2, 0.25) is 0 Å². The average molecular weight is 234 g/mol. The van der Waals surface area contributed by atoms with E-state index >= 15 is 0 Å². The van der Waals surface area contributed by atoms with Crippen molar-refractivity contribution in [2.45, 2.75) is 19.3 Å². The molecular formula is C16H14N2. The van der Waals surface area contributed by atoms with E-state index in [4.69, 9.17) is 0 Å². The van der Waals surface area contributed by atoms with E-state index in [2.05, 4.69) is 24.8 Å². The number of rotatable bonds is 3. The summed E-state index contributed by atoms with van der Waals surface area (Å²) in [5.41, 5.74) is 2.00. The summed E-state index contributed by atoms with van der Waals surface area (Å²) in [6.45, 7) is 3.66. The quantitative estimate of drug-likeness (QED) is 0.750. The Morgan fingerprint density at radius 1 is 1.28 bits per heavy atom. The molecule has 0 aliphatic heterocycles. The van der Waals surface area contributed by atoms with Gasteiger partial charge in [-0.05, 0) is 29.5 Å². The minimum absolute atomic E-state index is 0.361. The fraction of sp³-hybridized carbons (Fsp3) is 0.250. The topological polar surface area (TPSA) is 47.6 Å². The fourth-order valence-electron chi connectivity index (χ4n) is 2.45. The maximum atomic E-state index is 9.42. The molecule has 0 amide bonds. The van der Waals surface area contributed by atoms with Crippen LogP contribution < -0.4 is 0 Å². The van der Waals surface area contributed by atoms with Crippen LogP contribution in [0.5, 0.6) is 0 Å². The zero-order chi connectivity index (χ0) is 13.0. The molecule has 0 atom stereocenters. The van der Waals surface area contributed by atoms with Crippen LogP contribution in [0.1, 0.15) is 24.0 Å². The predicted molar refractivity (Wildman–Crippen MR) is 71.2 cm³/mol. The van der Waals surface area contributed by atoms with Gasteiger partial charge in [-0.1, -0.05) is 36.4 Å². The van der Waals surface area contributed by atoms with E-state index in [1.807, 2.05) is 24.3 Å². The lowest BCUT2D eigenvalue weighted by Gasteiger charge is -2.26. The number of fused-ring (bicyclic) bond motifs is 1. The normalized spacial score (nSPS) is 13.8. The molecule has 0 heterocycles. The third-order valence-electron chi connectivity index (χ3n) is 3.36. The van der Waals surface area contributed by atoms with Crippen LogP contribution in [-0.4, -0.2) is 0 Å². The summed E-state index contributed by atoms with van der Waals surface area (Å²) in [6, 6.07) is 12.4. The van der Waals surface area contributed by atoms with Crippen molar-refractivity contribution in [3.05, 3.63) is 54.1 Å². The molecule has 0 spiro atoms. The molecule has 2 rings (SSSR count). The van der Waals surface area contributed by atoms with Gasteiger partial charge >= 0.3 is 0 Å². The summed E-state index contributed by atoms with van der Waals surface area (Å²) in [5.74, 6) is 0. The number of benzene rings is 1. The highest BCUT2D eigenvalue weighted by Gasteiger charge is 2.36. The highest BCUT2D eigenvalue weighted by atomic mass is 14.4. The Hall–Kier alpha value is -2.32. The number of nitriles is 2. The van der Waals surface area contributed by atoms with Gasteiger partial charge in [0.25, 0.3) is 0 Å². The van der Waals surface area contributed by atoms with Crippen LogP contribution in [0.25, 0.3) is 5.57 Å². The summed E-state index contributed by atoms with van der Waals surface area (Å²) in [4.78, 5) is 0. The molecule has 0 aromatic heterocycles. The largest absolute Gasteiger partial charge is 0.196 e. The molecule has 2 nitrogen and oxygen atoms in total. The van der Waals surface area contributed by atoms with Crippen LogP contribution in [0.2, 0.25) is 0 Å². The first-order valence-electron chi connectivity index (χ1n) is 6.00. The molecule has 2 heteroatoms. The van der Waals surface area contributed by atoms with Crippen molar-refractivity contribution in [1.82, 2.24) is 0 Å². The van der Waals surface area contributed by atoms with Crippen LogP contribution in [0, 0.1) is 28.1 Å². The second-order valence-corrected chi connectivity index (χ2v) is 4.44. The molecule has 1 aliphatic rings. The van der Waals surface area contributed by atoms with E-state index in [9.17, 15) is 10.5 Å². The summed E-state index contributed by atoms with van der Waals surface area (Å²) in [5, 5.41) is 18.8. The van der Waals surface area contributed by atoms with Crippen molar-refractivity contribution < 1.29 is 0 Å². The Labute approximate surface area is 107 Å². The highest BCUT2D eigenvalue weighted by Crippen LogP contribution is 2.41. The maximum Gasteiger partial charge on any atom is 0.172 e. The molecule has 0 radical (unpaired) electrons. The molecule has 18 heavy (non-hydrogen) atoms. The molecule has 1 aromatic carbocycles. The van der Waals surface area contributed by atoms with Crippen LogP contribution >= 0.6 is 0 Å². The van der Waals surface area contributed by atoms with E-state index in [0.29, 0.717) is 6.42 Å². The van der Waals surface area contributed by atoms with Crippen molar-refractivity contribution in [2.24, 2.45) is 5.41 Å². The van der Waals surface area contributed by atoms with Crippen molar-refractivity contribution in [3.8, 4) is 12.1 Å². The molecular weight excluding hydrogens is 220 g/mol. The second-order valence-electron chi connectivity index (χ2n) is 4.44. The Morgan fingerprint density at radius 3 is 2.67 bits per heavy atom. The van der Waals surface area contributed by atoms with Crippen molar-refractivity contribution >= 4 is 5.57 Å². The van der Waals surface area contributed by atoms with E-state index < -0.39 is 5.41 Å². The maximum absolute atomic E-state index is 9.42. The average Bonchev–Trinajstić information content (AvgIpc) is 2.44. The summed E-state index contributed by atoms with van der Waals surface area (Å²) < 4.78 is 0. The van der Waals surface area contributed by atoms with Gasteiger partial charge in [0, 0.05) is 6.42 Å². The van der Waals surface area contributed by atoms with Gasteiger partial charge in [-0.25, -0.2) is 0 Å². The van der Waals surface area contributed by atoms with Crippen molar-refractivity contribution in [1.29, 1.82) is 10.5 Å². The Kier molecular flexibility index (Phi) is 3.31. The first-order chi connectivity index (χ1) is 8.77. The first-order valence-corrected chi connectivity index (χ1v) is 6.00. The minimum atomic E-state index is -1.10. The van der Waals surface area contributed by atoms with E-state index in [0.717, 1.165) is 24.0 Å². The SMILES string of the molecule is C=CCC(C#N)(C#N)C1=CCCc2ccccc21. The Morgan fingerprint density at radius 2 is 2.00 bits per heavy atom. The van der Waals surface area contributed by atoms with Gasteiger partial charge in [-0.15, -0.1) is 6.58 Å². The lowest BCUT2D eigenvalue weighted by atomic mass is 9.73. The third-order valence-corrected chi connectivity index (χ3v) is 3.36. The van der Waals surface area contributed by atoms with Crippen LogP contribution in [0.3, 0.4) is 0 Å². The molecule has 0 unspecified atom stereocenters. The second kappa shape index (κ2) is 4.90. The van der Waals surface area contributed by atoms with Gasteiger partial charge in [0.1, 0.15) is 0 Å². The van der Waals surface area contributed by atoms with Crippen LogP contribution in [-0.2, 0) is 6.42 Å². The molecule has 0 fully saturated rings. The van der Waals surface area contributed by atoms with Gasteiger partial charge in [0.15, 0.2) is 5.41 Å². The highest BCUT2D eigenvalue weighted by molar-refractivity contribution is 5.79. The third kappa shape index (κ3) is 1.83. The molecule has 0 bridgehead atoms. The zero-order valence-electron chi connectivity index (χ0n) is 10.2. The first kappa shape index (κ1) is 12.1. The van der Waals surface area contributed by atoms with Crippen LogP contribution in [0.15, 0.2) is 43.0 Å². The Balaban J connectivity index is 2.58. The van der Waals surface area contributed by atoms with Gasteiger partial charge < -0.3 is 0 Å². The number of aryl methyl sites for hydroxylation is 1. The summed E-state index contributed by atoms with van der Waals surface area (Å²) >= 11 is 0. The standard InChI is InChI=1S/C16H14N2/c1-2-10-16(11-17,12-18)15-9-5-7-13-6-3-4-8-14(13)15/h2-4,6,8-9H,1,5,7,10H2. The van der Waals surface area contributed by atoms with Crippen LogP contribution in [0.4, 0.5) is 0 Å². The lowest BCUT2D eigenvalue weighted by molar-refractivity contribution is 0.689. The summed E-state index contributed by atoms with van der Waals surface area (Å²) in [7, 11) is 0. The van der Waals surface area contributed by atoms with Gasteiger partial charge in [0.05, 0.1) is 12.1 Å². The zero-order valence-corrected chi connectivity index (χ0v) is 10.2. The number of hydrogen-bond donors (Lipinski definition) is 0. The van der Waals surface area contributed by atoms with Crippen molar-refractivity contribution in [3.63, 3.8) is 0 Å². The fourth-order valence-corrected chi connectivity index (χ4v) is 2.45. The predicted octanol–water partition coefficient (Wildman–Crippen LogP) is 3.63. The molecule has 88 valence electrons. The van der Waals surface area contributed by atoms with Gasteiger partial charge in [-0.3, -0.25) is 0 Å². The smallest absolute Gasteiger partial charge is 0.172 e. The number of allylic oxidation sites excluding steroid dienone is 3. The van der Waals surface area contributed by atoms with E-state index in [-0.39, 0.29) is 0 Å². The monoisotopic (exact) mass is 234 g/mol. The minimum Gasteiger partial charge on any atom is -0.196 e. The lowest BCUT2D eigenvalue weighted by Crippen LogP contribution is -2.20. The molecule has 1 aromatic rings.